The molecule has 1 aromatic carbocycles. The summed E-state index contributed by atoms with van der Waals surface area (Å²) in [6.07, 6.45) is 0.417. The lowest BCUT2D eigenvalue weighted by Gasteiger charge is -2.25. The number of hydrogen-bond donors (Lipinski definition) is 2. The van der Waals surface area contributed by atoms with Gasteiger partial charge in [-0.05, 0) is 36.9 Å². The molecule has 1 atom stereocenters. The second-order valence-electron chi connectivity index (χ2n) is 5.52. The van der Waals surface area contributed by atoms with Crippen LogP contribution in [0.4, 0.5) is 5.69 Å². The number of rotatable bonds is 6. The molecule has 0 saturated heterocycles. The third kappa shape index (κ3) is 3.90. The average molecular weight is 442 g/mol. The number of carbonyl (C=O) groups excluding carboxylic acids is 1. The first kappa shape index (κ1) is 20.3. The molecule has 1 heterocycles. The highest BCUT2D eigenvalue weighted by atomic mass is 35.5. The highest BCUT2D eigenvalue weighted by molar-refractivity contribution is 7.93. The number of carbonyl (C=O) groups is 1. The standard InChI is InChI=1S/C15H15Cl3N2O3S2/c1-3-15(2,14(19)21)13-11(4-5-24-13)20-25(22,23)12-9(17)6-8(16)7-10(12)18/h4-7,20H,3H2,1-2H3,(H2,19,21). The molecule has 1 aromatic heterocycles. The first-order valence-electron chi connectivity index (χ1n) is 7.08. The van der Waals surface area contributed by atoms with Crippen LogP contribution in [0.5, 0.6) is 0 Å². The molecule has 0 saturated carbocycles. The summed E-state index contributed by atoms with van der Waals surface area (Å²) in [5.41, 5.74) is 4.77. The Hall–Kier alpha value is -0.990. The average Bonchev–Trinajstić information content (AvgIpc) is 2.92. The molecule has 10 heteroatoms. The molecule has 3 N–H and O–H groups in total. The molecular weight excluding hydrogens is 427 g/mol. The molecule has 1 amide bonds. The van der Waals surface area contributed by atoms with E-state index in [2.05, 4.69) is 4.72 Å². The minimum atomic E-state index is -4.10. The van der Waals surface area contributed by atoms with Gasteiger partial charge in [0.2, 0.25) is 5.91 Å². The van der Waals surface area contributed by atoms with Crippen molar-refractivity contribution in [3.63, 3.8) is 0 Å². The molecule has 0 aliphatic heterocycles. The van der Waals surface area contributed by atoms with Crippen molar-refractivity contribution in [3.05, 3.63) is 43.5 Å². The fraction of sp³-hybridized carbons (Fsp3) is 0.267. The summed E-state index contributed by atoms with van der Waals surface area (Å²) in [5, 5.41) is 1.69. The fourth-order valence-electron chi connectivity index (χ4n) is 2.25. The van der Waals surface area contributed by atoms with E-state index < -0.39 is 21.3 Å². The molecule has 0 aliphatic rings. The Morgan fingerprint density at radius 1 is 1.28 bits per heavy atom. The number of primary amides is 1. The van der Waals surface area contributed by atoms with Crippen molar-refractivity contribution in [2.75, 3.05) is 4.72 Å². The maximum atomic E-state index is 12.8. The van der Waals surface area contributed by atoms with Crippen LogP contribution in [0.15, 0.2) is 28.5 Å². The minimum absolute atomic E-state index is 0.102. The third-order valence-corrected chi connectivity index (χ3v) is 7.58. The molecule has 0 aliphatic carbocycles. The lowest BCUT2D eigenvalue weighted by Crippen LogP contribution is -2.37. The van der Waals surface area contributed by atoms with E-state index in [1.807, 2.05) is 0 Å². The van der Waals surface area contributed by atoms with E-state index in [0.29, 0.717) is 11.3 Å². The van der Waals surface area contributed by atoms with E-state index in [1.165, 1.54) is 23.5 Å². The predicted octanol–water partition coefficient (Wildman–Crippen LogP) is 4.66. The second-order valence-corrected chi connectivity index (χ2v) is 9.30. The van der Waals surface area contributed by atoms with Crippen LogP contribution in [0.25, 0.3) is 0 Å². The first-order valence-corrected chi connectivity index (χ1v) is 10.6. The van der Waals surface area contributed by atoms with Gasteiger partial charge >= 0.3 is 0 Å². The highest BCUT2D eigenvalue weighted by Crippen LogP contribution is 2.40. The van der Waals surface area contributed by atoms with Gasteiger partial charge in [0.05, 0.1) is 21.1 Å². The Labute approximate surface area is 165 Å². The molecule has 1 unspecified atom stereocenters. The number of amides is 1. The van der Waals surface area contributed by atoms with E-state index >= 15 is 0 Å². The quantitative estimate of drug-likeness (QED) is 0.683. The second kappa shape index (κ2) is 7.32. The summed E-state index contributed by atoms with van der Waals surface area (Å²) in [5.74, 6) is -0.541. The Morgan fingerprint density at radius 3 is 2.32 bits per heavy atom. The van der Waals surface area contributed by atoms with Crippen LogP contribution in [0.3, 0.4) is 0 Å². The first-order chi connectivity index (χ1) is 11.5. The fourth-order valence-corrected chi connectivity index (χ4v) is 6.02. The van der Waals surface area contributed by atoms with Crippen LogP contribution in [0.1, 0.15) is 25.1 Å². The summed E-state index contributed by atoms with van der Waals surface area (Å²) in [4.78, 5) is 12.1. The Morgan fingerprint density at radius 2 is 1.84 bits per heavy atom. The van der Waals surface area contributed by atoms with Crippen LogP contribution in [0, 0.1) is 0 Å². The van der Waals surface area contributed by atoms with E-state index in [-0.39, 0.29) is 25.7 Å². The van der Waals surface area contributed by atoms with E-state index in [0.717, 1.165) is 0 Å². The van der Waals surface area contributed by atoms with Crippen molar-refractivity contribution in [2.45, 2.75) is 30.6 Å². The van der Waals surface area contributed by atoms with E-state index in [4.69, 9.17) is 40.5 Å². The van der Waals surface area contributed by atoms with Gasteiger partial charge in [0.1, 0.15) is 4.90 Å². The van der Waals surface area contributed by atoms with Crippen LogP contribution >= 0.6 is 46.1 Å². The summed E-state index contributed by atoms with van der Waals surface area (Å²) >= 11 is 19.1. The van der Waals surface area contributed by atoms with Gasteiger partial charge in [-0.3, -0.25) is 9.52 Å². The van der Waals surface area contributed by atoms with Crippen molar-refractivity contribution < 1.29 is 13.2 Å². The molecular formula is C15H15Cl3N2O3S2. The number of nitrogens with two attached hydrogens (primary N) is 1. The number of halogens is 3. The van der Waals surface area contributed by atoms with E-state index in [1.54, 1.807) is 25.3 Å². The van der Waals surface area contributed by atoms with Gasteiger partial charge < -0.3 is 5.73 Å². The van der Waals surface area contributed by atoms with Crippen molar-refractivity contribution in [1.82, 2.24) is 0 Å². The highest BCUT2D eigenvalue weighted by Gasteiger charge is 2.36. The lowest BCUT2D eigenvalue weighted by molar-refractivity contribution is -0.122. The zero-order chi connectivity index (χ0) is 19.0. The number of benzene rings is 1. The SMILES string of the molecule is CCC(C)(C(N)=O)c1sccc1NS(=O)(=O)c1c(Cl)cc(Cl)cc1Cl. The molecule has 136 valence electrons. The van der Waals surface area contributed by atoms with Gasteiger partial charge in [-0.1, -0.05) is 41.7 Å². The van der Waals surface area contributed by atoms with Gasteiger partial charge in [-0.2, -0.15) is 0 Å². The number of hydrogen-bond acceptors (Lipinski definition) is 4. The van der Waals surface area contributed by atoms with Gasteiger partial charge in [0.25, 0.3) is 10.0 Å². The molecule has 0 spiro atoms. The van der Waals surface area contributed by atoms with E-state index in [9.17, 15) is 13.2 Å². The molecule has 0 fully saturated rings. The Kier molecular flexibility index (Phi) is 5.95. The van der Waals surface area contributed by atoms with Crippen molar-refractivity contribution in [3.8, 4) is 0 Å². The lowest BCUT2D eigenvalue weighted by atomic mass is 9.84. The number of anilines is 1. The zero-order valence-corrected chi connectivity index (χ0v) is 17.2. The summed E-state index contributed by atoms with van der Waals surface area (Å²) in [6.45, 7) is 3.47. The molecule has 0 radical (unpaired) electrons. The minimum Gasteiger partial charge on any atom is -0.369 e. The maximum Gasteiger partial charge on any atom is 0.264 e. The van der Waals surface area contributed by atoms with Gasteiger partial charge in [0, 0.05) is 9.90 Å². The molecule has 2 rings (SSSR count). The summed E-state index contributed by atoms with van der Waals surface area (Å²) < 4.78 is 28.0. The number of thiophene rings is 1. The molecule has 2 aromatic rings. The monoisotopic (exact) mass is 440 g/mol. The van der Waals surface area contributed by atoms with Crippen molar-refractivity contribution in [1.29, 1.82) is 0 Å². The number of sulfonamides is 1. The molecule has 25 heavy (non-hydrogen) atoms. The smallest absolute Gasteiger partial charge is 0.264 e. The van der Waals surface area contributed by atoms with Gasteiger partial charge in [-0.15, -0.1) is 11.3 Å². The zero-order valence-electron chi connectivity index (χ0n) is 13.3. The maximum absolute atomic E-state index is 12.8. The predicted molar refractivity (Wildman–Crippen MR) is 103 cm³/mol. The van der Waals surface area contributed by atoms with Crippen LogP contribution in [-0.4, -0.2) is 14.3 Å². The summed E-state index contributed by atoms with van der Waals surface area (Å²) in [6, 6.07) is 4.14. The van der Waals surface area contributed by atoms with Crippen molar-refractivity contribution in [2.24, 2.45) is 5.73 Å². The number of nitrogens with one attached hydrogen (secondary N) is 1. The van der Waals surface area contributed by atoms with Gasteiger partial charge in [0.15, 0.2) is 0 Å². The molecule has 5 nitrogen and oxygen atoms in total. The van der Waals surface area contributed by atoms with Crippen LogP contribution in [-0.2, 0) is 20.2 Å². The van der Waals surface area contributed by atoms with Gasteiger partial charge in [-0.25, -0.2) is 8.42 Å². The summed E-state index contributed by atoms with van der Waals surface area (Å²) in [7, 11) is -4.10. The van der Waals surface area contributed by atoms with Crippen LogP contribution in [0.2, 0.25) is 15.1 Å². The third-order valence-electron chi connectivity index (χ3n) is 3.89. The normalized spacial score (nSPS) is 14.1. The van der Waals surface area contributed by atoms with Crippen LogP contribution < -0.4 is 10.5 Å². The largest absolute Gasteiger partial charge is 0.369 e. The Balaban J connectivity index is 2.52. The molecule has 0 bridgehead atoms. The Bertz CT molecular complexity index is 905. The van der Waals surface area contributed by atoms with Crippen molar-refractivity contribution >= 4 is 67.8 Å². The topological polar surface area (TPSA) is 89.3 Å².